The minimum atomic E-state index is -0.750. The highest BCUT2D eigenvalue weighted by molar-refractivity contribution is 6.32. The van der Waals surface area contributed by atoms with Gasteiger partial charge in [-0.3, -0.25) is 9.59 Å². The maximum atomic E-state index is 13.3. The van der Waals surface area contributed by atoms with Gasteiger partial charge < -0.3 is 29.6 Å². The smallest absolute Gasteiger partial charge is 0.318 e. The summed E-state index contributed by atoms with van der Waals surface area (Å²) in [6, 6.07) is 7.45. The Morgan fingerprint density at radius 2 is 1.86 bits per heavy atom. The number of pyridine rings is 1. The van der Waals surface area contributed by atoms with Crippen molar-refractivity contribution in [3.63, 3.8) is 0 Å². The second-order valence-corrected chi connectivity index (χ2v) is 10.3. The van der Waals surface area contributed by atoms with Gasteiger partial charge in [-0.05, 0) is 36.8 Å². The van der Waals surface area contributed by atoms with Crippen molar-refractivity contribution in [1.82, 2.24) is 14.8 Å². The number of piperidine rings is 1. The molecular weight excluding hydrogens is 484 g/mol. The molecule has 9 nitrogen and oxygen atoms in total. The van der Waals surface area contributed by atoms with E-state index in [0.717, 1.165) is 12.1 Å². The number of ether oxygens (including phenoxy) is 2. The van der Waals surface area contributed by atoms with Gasteiger partial charge in [0, 0.05) is 43.4 Å². The lowest BCUT2D eigenvalue weighted by atomic mass is 9.83. The monoisotopic (exact) mass is 516 g/mol. The van der Waals surface area contributed by atoms with E-state index in [0.29, 0.717) is 48.3 Å². The van der Waals surface area contributed by atoms with Crippen molar-refractivity contribution in [1.29, 1.82) is 0 Å². The van der Waals surface area contributed by atoms with Crippen molar-refractivity contribution in [2.75, 3.05) is 32.6 Å². The number of rotatable bonds is 7. The molecule has 2 bridgehead atoms. The van der Waals surface area contributed by atoms with Crippen molar-refractivity contribution in [2.24, 2.45) is 11.8 Å². The minimum Gasteiger partial charge on any atom is -0.495 e. The van der Waals surface area contributed by atoms with Gasteiger partial charge in [0.1, 0.15) is 17.5 Å². The number of hydrogen-bond donors (Lipinski definition) is 2. The van der Waals surface area contributed by atoms with Gasteiger partial charge in [0.2, 0.25) is 5.91 Å². The average molecular weight is 517 g/mol. The fraction of sp³-hybridized carbons (Fsp3) is 0.500. The van der Waals surface area contributed by atoms with Gasteiger partial charge in [0.25, 0.3) is 5.56 Å². The normalized spacial score (nSPS) is 19.3. The molecule has 3 atom stereocenters. The molecule has 1 aromatic carbocycles. The van der Waals surface area contributed by atoms with E-state index in [4.69, 9.17) is 21.1 Å². The maximum Gasteiger partial charge on any atom is 0.318 e. The van der Waals surface area contributed by atoms with Crippen molar-refractivity contribution in [3.05, 3.63) is 51.4 Å². The highest BCUT2D eigenvalue weighted by Gasteiger charge is 2.37. The van der Waals surface area contributed by atoms with Crippen molar-refractivity contribution in [3.8, 4) is 11.5 Å². The number of nitrogens with one attached hydrogen (secondary N) is 2. The molecule has 1 saturated heterocycles. The van der Waals surface area contributed by atoms with Crippen LogP contribution in [0.1, 0.15) is 38.3 Å². The first-order valence-electron chi connectivity index (χ1n) is 12.2. The van der Waals surface area contributed by atoms with Gasteiger partial charge in [0.05, 0.1) is 24.9 Å². The number of likely N-dealkylation sites (tertiary alicyclic amines) is 1. The molecule has 3 amide bonds. The van der Waals surface area contributed by atoms with Crippen molar-refractivity contribution >= 4 is 29.2 Å². The summed E-state index contributed by atoms with van der Waals surface area (Å²) in [5.41, 5.74) is 1.37. The molecule has 194 valence electrons. The Hall–Kier alpha value is -3.20. The molecule has 2 N–H and O–H groups in total. The first kappa shape index (κ1) is 25.9. The van der Waals surface area contributed by atoms with Crippen LogP contribution < -0.4 is 25.7 Å². The summed E-state index contributed by atoms with van der Waals surface area (Å²) in [6.45, 7) is 5.64. The van der Waals surface area contributed by atoms with E-state index >= 15 is 0 Å². The molecule has 0 radical (unpaired) electrons. The van der Waals surface area contributed by atoms with Crippen LogP contribution in [0.5, 0.6) is 11.5 Å². The zero-order valence-corrected chi connectivity index (χ0v) is 21.8. The topological polar surface area (TPSA) is 102 Å². The molecule has 0 saturated carbocycles. The number of methoxy groups -OCH3 is 2. The molecule has 2 aliphatic heterocycles. The molecule has 2 aliphatic rings. The van der Waals surface area contributed by atoms with E-state index in [1.165, 1.54) is 14.2 Å². The number of anilines is 1. The summed E-state index contributed by atoms with van der Waals surface area (Å²) in [6.07, 6.45) is 1.41. The number of fused-ring (bicyclic) bond motifs is 4. The van der Waals surface area contributed by atoms with Gasteiger partial charge >= 0.3 is 6.03 Å². The van der Waals surface area contributed by atoms with Crippen LogP contribution in [0.2, 0.25) is 5.02 Å². The highest BCUT2D eigenvalue weighted by Crippen LogP contribution is 2.37. The van der Waals surface area contributed by atoms with Gasteiger partial charge in [-0.15, -0.1) is 0 Å². The lowest BCUT2D eigenvalue weighted by molar-refractivity contribution is -0.118. The molecule has 2 aromatic rings. The Morgan fingerprint density at radius 1 is 1.11 bits per heavy atom. The number of amides is 3. The number of nitrogens with zero attached hydrogens (tertiary/aromatic N) is 2. The Kier molecular flexibility index (Phi) is 7.78. The third kappa shape index (κ3) is 5.46. The van der Waals surface area contributed by atoms with Gasteiger partial charge in [-0.2, -0.15) is 0 Å². The summed E-state index contributed by atoms with van der Waals surface area (Å²) in [4.78, 5) is 40.7. The number of halogens is 1. The molecule has 1 fully saturated rings. The number of aromatic nitrogens is 1. The number of carbonyl (C=O) groups excluding carboxylic acids is 2. The van der Waals surface area contributed by atoms with E-state index in [-0.39, 0.29) is 35.3 Å². The van der Waals surface area contributed by atoms with E-state index in [1.807, 2.05) is 24.5 Å². The van der Waals surface area contributed by atoms with Crippen LogP contribution >= 0.6 is 11.6 Å². The third-order valence-corrected chi connectivity index (χ3v) is 7.12. The first-order chi connectivity index (χ1) is 17.2. The lowest BCUT2D eigenvalue weighted by Gasteiger charge is -2.43. The van der Waals surface area contributed by atoms with Crippen LogP contribution in [-0.2, 0) is 11.3 Å². The Bertz CT molecular complexity index is 1200. The second-order valence-electron chi connectivity index (χ2n) is 9.91. The molecule has 0 unspecified atom stereocenters. The van der Waals surface area contributed by atoms with Crippen LogP contribution in [0.25, 0.3) is 0 Å². The first-order valence-corrected chi connectivity index (χ1v) is 12.6. The van der Waals surface area contributed by atoms with Crippen molar-refractivity contribution < 1.29 is 19.1 Å². The van der Waals surface area contributed by atoms with Gasteiger partial charge in [0.15, 0.2) is 0 Å². The van der Waals surface area contributed by atoms with Crippen LogP contribution in [0, 0.1) is 11.8 Å². The predicted octanol–water partition coefficient (Wildman–Crippen LogP) is 3.70. The number of benzene rings is 1. The van der Waals surface area contributed by atoms with Gasteiger partial charge in [-0.1, -0.05) is 31.5 Å². The summed E-state index contributed by atoms with van der Waals surface area (Å²) in [5.74, 6) is 0.938. The van der Waals surface area contributed by atoms with E-state index < -0.39 is 6.04 Å². The van der Waals surface area contributed by atoms with Gasteiger partial charge in [-0.25, -0.2) is 4.79 Å². The SMILES string of the molecule is COc1cc(OC)c(NC(=O)[C@H](CC(C)C)NC(=O)N2C[C@@H]3C[C@@H](C2)c2cccc(=O)n2C3)cc1Cl. The summed E-state index contributed by atoms with van der Waals surface area (Å²) in [7, 11) is 2.99. The standard InChI is InChI=1S/C26H33ClN4O5/c1-15(2)8-20(25(33)28-19-10-18(27)22(35-3)11-23(19)36-4)29-26(34)30-12-16-9-17(14-30)21-6-5-7-24(32)31(21)13-16/h5-7,10-11,15-17,20H,8-9,12-14H2,1-4H3,(H,28,33)(H,29,34)/t16-,17-,20-/m0/s1. The molecule has 36 heavy (non-hydrogen) atoms. The van der Waals surface area contributed by atoms with E-state index in [1.54, 1.807) is 29.2 Å². The molecule has 4 rings (SSSR count). The Morgan fingerprint density at radius 3 is 2.56 bits per heavy atom. The van der Waals surface area contributed by atoms with E-state index in [9.17, 15) is 14.4 Å². The van der Waals surface area contributed by atoms with Crippen LogP contribution in [-0.4, -0.2) is 54.8 Å². The van der Waals surface area contributed by atoms with Crippen LogP contribution in [0.3, 0.4) is 0 Å². The third-order valence-electron chi connectivity index (χ3n) is 6.82. The summed E-state index contributed by atoms with van der Waals surface area (Å²) < 4.78 is 12.4. The van der Waals surface area contributed by atoms with Crippen LogP contribution in [0.15, 0.2) is 35.1 Å². The number of urea groups is 1. The Balaban J connectivity index is 1.48. The zero-order chi connectivity index (χ0) is 26.0. The maximum absolute atomic E-state index is 13.3. The number of hydrogen-bond acceptors (Lipinski definition) is 5. The fourth-order valence-electron chi connectivity index (χ4n) is 5.18. The summed E-state index contributed by atoms with van der Waals surface area (Å²) in [5, 5.41) is 6.13. The Labute approximate surface area is 215 Å². The zero-order valence-electron chi connectivity index (χ0n) is 21.0. The predicted molar refractivity (Wildman–Crippen MR) is 138 cm³/mol. The average Bonchev–Trinajstić information content (AvgIpc) is 2.84. The molecule has 0 spiro atoms. The molecular formula is C26H33ClN4O5. The quantitative estimate of drug-likeness (QED) is 0.584. The second kappa shape index (κ2) is 10.8. The lowest BCUT2D eigenvalue weighted by Crippen LogP contribution is -2.55. The highest BCUT2D eigenvalue weighted by atomic mass is 35.5. The minimum absolute atomic E-state index is 0.00262. The van der Waals surface area contributed by atoms with Crippen molar-refractivity contribution in [2.45, 2.75) is 45.2 Å². The largest absolute Gasteiger partial charge is 0.495 e. The van der Waals surface area contributed by atoms with Crippen LogP contribution in [0.4, 0.5) is 10.5 Å². The molecule has 1 aromatic heterocycles. The molecule has 0 aliphatic carbocycles. The summed E-state index contributed by atoms with van der Waals surface area (Å²) >= 11 is 6.25. The molecule has 3 heterocycles. The molecule has 10 heteroatoms. The van der Waals surface area contributed by atoms with E-state index in [2.05, 4.69) is 10.6 Å². The number of carbonyl (C=O) groups is 2. The fourth-order valence-corrected chi connectivity index (χ4v) is 5.42.